The van der Waals surface area contributed by atoms with Crippen LogP contribution in [0.25, 0.3) is 0 Å². The molecule has 0 heterocycles. The zero-order chi connectivity index (χ0) is 20.1. The lowest BCUT2D eigenvalue weighted by Gasteiger charge is -2.09. The Labute approximate surface area is 169 Å². The minimum absolute atomic E-state index is 0.117. The maximum atomic E-state index is 9.92. The van der Waals surface area contributed by atoms with E-state index in [4.69, 9.17) is 4.74 Å². The van der Waals surface area contributed by atoms with Gasteiger partial charge in [-0.15, -0.1) is 0 Å². The molecular formula is C22H32O3S2+2. The summed E-state index contributed by atoms with van der Waals surface area (Å²) in [7, 11) is 0.234. The fraction of sp³-hybridized carbons (Fsp3) is 0.455. The molecule has 27 heavy (non-hydrogen) atoms. The summed E-state index contributed by atoms with van der Waals surface area (Å²) in [4.78, 5) is 2.58. The number of phenols is 2. The van der Waals surface area contributed by atoms with Crippen molar-refractivity contribution in [1.29, 1.82) is 0 Å². The first kappa shape index (κ1) is 22.0. The zero-order valence-electron chi connectivity index (χ0n) is 17.3. The molecule has 0 fully saturated rings. The van der Waals surface area contributed by atoms with Gasteiger partial charge in [-0.05, 0) is 74.2 Å². The van der Waals surface area contributed by atoms with Crippen LogP contribution in [0, 0.1) is 27.7 Å². The van der Waals surface area contributed by atoms with Crippen molar-refractivity contribution in [2.75, 3.05) is 37.2 Å². The molecule has 0 saturated carbocycles. The Hall–Kier alpha value is -1.30. The van der Waals surface area contributed by atoms with E-state index in [2.05, 4.69) is 36.8 Å². The van der Waals surface area contributed by atoms with Crippen LogP contribution >= 0.6 is 0 Å². The fourth-order valence-corrected chi connectivity index (χ4v) is 5.66. The highest BCUT2D eigenvalue weighted by Gasteiger charge is 2.20. The molecule has 0 aliphatic heterocycles. The summed E-state index contributed by atoms with van der Waals surface area (Å²) in [6, 6.07) is 8.35. The van der Waals surface area contributed by atoms with E-state index in [1.54, 1.807) is 0 Å². The Bertz CT molecular complexity index is 678. The molecule has 0 bridgehead atoms. The van der Waals surface area contributed by atoms with Crippen molar-refractivity contribution in [3.63, 3.8) is 0 Å². The number of phenolic OH excluding ortho intramolecular Hbond substituents is 2. The second kappa shape index (κ2) is 9.76. The van der Waals surface area contributed by atoms with Gasteiger partial charge in [0.1, 0.15) is 35.5 Å². The molecule has 148 valence electrons. The third kappa shape index (κ3) is 5.84. The Balaban J connectivity index is 1.78. The standard InChI is InChI=1S/C22H30O3S2/c1-15-11-19(12-16(2)21(15)23)26(5)9-7-25-8-10-27(6)20-13-17(3)22(24)18(4)14-20/h11-14H,7-10H2,1-6H3/p+2. The molecule has 2 N–H and O–H groups in total. The molecule has 2 atom stereocenters. The highest BCUT2D eigenvalue weighted by Crippen LogP contribution is 2.27. The number of hydrogen-bond donors (Lipinski definition) is 2. The maximum absolute atomic E-state index is 9.92. The molecule has 0 radical (unpaired) electrons. The molecule has 0 spiro atoms. The van der Waals surface area contributed by atoms with Gasteiger partial charge in [0.15, 0.2) is 9.79 Å². The van der Waals surface area contributed by atoms with E-state index in [0.717, 1.165) is 47.0 Å². The number of aromatic hydroxyl groups is 2. The monoisotopic (exact) mass is 408 g/mol. The quantitative estimate of drug-likeness (QED) is 0.507. The van der Waals surface area contributed by atoms with E-state index in [9.17, 15) is 10.2 Å². The van der Waals surface area contributed by atoms with Crippen LogP contribution in [0.3, 0.4) is 0 Å². The van der Waals surface area contributed by atoms with E-state index in [1.165, 1.54) is 9.79 Å². The van der Waals surface area contributed by atoms with Gasteiger partial charge < -0.3 is 14.9 Å². The first-order valence-corrected chi connectivity index (χ1v) is 12.7. The molecule has 2 rings (SSSR count). The van der Waals surface area contributed by atoms with Gasteiger partial charge in [-0.1, -0.05) is 0 Å². The topological polar surface area (TPSA) is 49.7 Å². The second-order valence-corrected chi connectivity index (χ2v) is 11.4. The molecule has 0 amide bonds. The summed E-state index contributed by atoms with van der Waals surface area (Å²) in [5.74, 6) is 2.81. The predicted molar refractivity (Wildman–Crippen MR) is 119 cm³/mol. The van der Waals surface area contributed by atoms with Crippen LogP contribution in [0.5, 0.6) is 11.5 Å². The fourth-order valence-electron chi connectivity index (χ4n) is 2.94. The molecule has 0 saturated heterocycles. The number of aryl methyl sites for hydroxylation is 4. The van der Waals surface area contributed by atoms with Gasteiger partial charge in [0, 0.05) is 21.8 Å². The van der Waals surface area contributed by atoms with E-state index >= 15 is 0 Å². The van der Waals surface area contributed by atoms with Gasteiger partial charge in [0.05, 0.1) is 13.2 Å². The van der Waals surface area contributed by atoms with Crippen molar-refractivity contribution >= 4 is 21.8 Å². The second-order valence-electron chi connectivity index (χ2n) is 7.11. The maximum Gasteiger partial charge on any atom is 0.155 e. The van der Waals surface area contributed by atoms with Crippen LogP contribution in [0.2, 0.25) is 0 Å². The molecule has 0 aromatic heterocycles. The Kier molecular flexibility index (Phi) is 7.95. The van der Waals surface area contributed by atoms with Gasteiger partial charge in [0.2, 0.25) is 0 Å². The molecule has 2 unspecified atom stereocenters. The molecular weight excluding hydrogens is 376 g/mol. The Morgan fingerprint density at radius 2 is 0.963 bits per heavy atom. The number of rotatable bonds is 8. The van der Waals surface area contributed by atoms with Crippen molar-refractivity contribution in [3.05, 3.63) is 46.5 Å². The highest BCUT2D eigenvalue weighted by molar-refractivity contribution is 7.96. The summed E-state index contributed by atoms with van der Waals surface area (Å²) in [5.41, 5.74) is 3.78. The smallest absolute Gasteiger partial charge is 0.155 e. The number of hydrogen-bond acceptors (Lipinski definition) is 3. The molecule has 0 aliphatic carbocycles. The van der Waals surface area contributed by atoms with Crippen LogP contribution < -0.4 is 0 Å². The first-order chi connectivity index (χ1) is 12.7. The van der Waals surface area contributed by atoms with Gasteiger partial charge in [-0.3, -0.25) is 0 Å². The summed E-state index contributed by atoms with van der Waals surface area (Å²) < 4.78 is 5.90. The number of ether oxygens (including phenoxy) is 1. The Morgan fingerprint density at radius 3 is 1.26 bits per heavy atom. The molecule has 0 aliphatic rings. The Morgan fingerprint density at radius 1 is 0.667 bits per heavy atom. The van der Waals surface area contributed by atoms with E-state index < -0.39 is 0 Å². The number of benzene rings is 2. The van der Waals surface area contributed by atoms with Crippen LogP contribution in [-0.2, 0) is 26.5 Å². The first-order valence-electron chi connectivity index (χ1n) is 9.14. The average Bonchev–Trinajstić information content (AvgIpc) is 2.62. The van der Waals surface area contributed by atoms with E-state index in [-0.39, 0.29) is 21.8 Å². The van der Waals surface area contributed by atoms with Crippen molar-refractivity contribution in [3.8, 4) is 11.5 Å². The normalized spacial score (nSPS) is 13.6. The summed E-state index contributed by atoms with van der Waals surface area (Å²) in [5, 5.41) is 19.8. The van der Waals surface area contributed by atoms with Crippen molar-refractivity contribution < 1.29 is 14.9 Å². The van der Waals surface area contributed by atoms with Crippen molar-refractivity contribution in [1.82, 2.24) is 0 Å². The summed E-state index contributed by atoms with van der Waals surface area (Å²) in [6.45, 7) is 9.32. The lowest BCUT2D eigenvalue weighted by Crippen LogP contribution is -2.16. The van der Waals surface area contributed by atoms with Crippen molar-refractivity contribution in [2.45, 2.75) is 37.5 Å². The highest BCUT2D eigenvalue weighted by atomic mass is 32.2. The molecule has 2 aromatic rings. The molecule has 3 nitrogen and oxygen atoms in total. The van der Waals surface area contributed by atoms with Crippen LogP contribution in [0.4, 0.5) is 0 Å². The zero-order valence-corrected chi connectivity index (χ0v) is 18.9. The van der Waals surface area contributed by atoms with Crippen LogP contribution in [0.15, 0.2) is 34.1 Å². The van der Waals surface area contributed by atoms with Gasteiger partial charge in [-0.2, -0.15) is 0 Å². The largest absolute Gasteiger partial charge is 0.507 e. The van der Waals surface area contributed by atoms with E-state index in [1.807, 2.05) is 27.7 Å². The van der Waals surface area contributed by atoms with E-state index in [0.29, 0.717) is 11.5 Å². The minimum atomic E-state index is 0.117. The lowest BCUT2D eigenvalue weighted by atomic mass is 10.1. The SMILES string of the molecule is Cc1cc([S+](C)CCOCC[S+](C)c2cc(C)c(O)c(C)c2)cc(C)c1O. The molecule has 5 heteroatoms. The third-order valence-electron chi connectivity index (χ3n) is 4.80. The van der Waals surface area contributed by atoms with Crippen molar-refractivity contribution in [2.24, 2.45) is 0 Å². The lowest BCUT2D eigenvalue weighted by molar-refractivity contribution is 0.166. The third-order valence-corrected chi connectivity index (χ3v) is 8.44. The predicted octanol–water partition coefficient (Wildman–Crippen LogP) is 4.26. The van der Waals surface area contributed by atoms with Crippen LogP contribution in [0.1, 0.15) is 22.3 Å². The summed E-state index contributed by atoms with van der Waals surface area (Å²) in [6.07, 6.45) is 4.47. The molecule has 2 aromatic carbocycles. The average molecular weight is 409 g/mol. The van der Waals surface area contributed by atoms with Gasteiger partial charge in [0.25, 0.3) is 0 Å². The van der Waals surface area contributed by atoms with Gasteiger partial charge in [-0.25, -0.2) is 0 Å². The summed E-state index contributed by atoms with van der Waals surface area (Å²) >= 11 is 0. The minimum Gasteiger partial charge on any atom is -0.507 e. The van der Waals surface area contributed by atoms with Crippen LogP contribution in [-0.4, -0.2) is 47.4 Å². The van der Waals surface area contributed by atoms with Gasteiger partial charge >= 0.3 is 0 Å².